The van der Waals surface area contributed by atoms with E-state index in [1.165, 1.54) is 24.3 Å². The first-order valence-electron chi connectivity index (χ1n) is 8.32. The van der Waals surface area contributed by atoms with Gasteiger partial charge in [0.1, 0.15) is 0 Å². The Bertz CT molecular complexity index is 1190. The summed E-state index contributed by atoms with van der Waals surface area (Å²) in [7, 11) is -3.97. The maximum atomic E-state index is 12.9. The van der Waals surface area contributed by atoms with Crippen molar-refractivity contribution in [1.29, 1.82) is 0 Å². The summed E-state index contributed by atoms with van der Waals surface area (Å²) in [6, 6.07) is 18.3. The van der Waals surface area contributed by atoms with Crippen LogP contribution >= 0.6 is 0 Å². The fraction of sp³-hybridized carbons (Fsp3) is 0. The number of carbonyl (C=O) groups is 1. The number of nitrogens with two attached hydrogens (primary N) is 2. The van der Waals surface area contributed by atoms with E-state index in [2.05, 4.69) is 5.29 Å². The molecule has 3 aromatic rings. The Morgan fingerprint density at radius 1 is 0.931 bits per heavy atom. The molecule has 1 amide bonds. The van der Waals surface area contributed by atoms with Crippen molar-refractivity contribution >= 4 is 38.5 Å². The van der Waals surface area contributed by atoms with Crippen molar-refractivity contribution in [2.45, 2.75) is 4.90 Å². The fourth-order valence-electron chi connectivity index (χ4n) is 2.60. The van der Waals surface area contributed by atoms with Gasteiger partial charge in [-0.15, -0.1) is 10.0 Å². The molecule has 0 saturated heterocycles. The average molecular weight is 411 g/mol. The second kappa shape index (κ2) is 8.19. The van der Waals surface area contributed by atoms with Gasteiger partial charge < -0.3 is 0 Å². The van der Waals surface area contributed by atoms with Gasteiger partial charge in [0.25, 0.3) is 15.9 Å². The van der Waals surface area contributed by atoms with E-state index < -0.39 is 15.9 Å². The van der Waals surface area contributed by atoms with Crippen LogP contribution in [0, 0.1) is 4.91 Å². The maximum absolute atomic E-state index is 12.9. The Hall–Kier alpha value is -3.60. The third kappa shape index (κ3) is 4.29. The van der Waals surface area contributed by atoms with E-state index in [9.17, 15) is 18.1 Å². The van der Waals surface area contributed by atoms with Crippen LogP contribution < -0.4 is 16.1 Å². The molecule has 0 unspecified atom stereocenters. The third-order valence-electron chi connectivity index (χ3n) is 4.16. The molecule has 9 nitrogen and oxygen atoms in total. The second-order valence-corrected chi connectivity index (χ2v) is 7.81. The van der Waals surface area contributed by atoms with Crippen LogP contribution in [-0.2, 0) is 14.8 Å². The minimum atomic E-state index is -3.97. The SMILES string of the molecule is NN(N=O)C(=O)/C=C/c1ccc(N(N)S(=O)(=O)c2ccc3ccccc3c2)cc1. The molecule has 0 aromatic heterocycles. The summed E-state index contributed by atoms with van der Waals surface area (Å²) >= 11 is 0. The first-order valence-corrected chi connectivity index (χ1v) is 9.76. The van der Waals surface area contributed by atoms with E-state index in [1.807, 2.05) is 24.3 Å². The molecule has 10 heteroatoms. The van der Waals surface area contributed by atoms with Gasteiger partial charge in [-0.25, -0.2) is 16.1 Å². The predicted molar refractivity (Wildman–Crippen MR) is 110 cm³/mol. The summed E-state index contributed by atoms with van der Waals surface area (Å²) in [5.74, 6) is 10.1. The first kappa shape index (κ1) is 20.1. The van der Waals surface area contributed by atoms with Gasteiger partial charge in [-0.05, 0) is 46.7 Å². The maximum Gasteiger partial charge on any atom is 0.284 e. The smallest absolute Gasteiger partial charge is 0.266 e. The van der Waals surface area contributed by atoms with Gasteiger partial charge in [0.2, 0.25) is 0 Å². The van der Waals surface area contributed by atoms with Crippen LogP contribution in [0.3, 0.4) is 0 Å². The molecule has 0 fully saturated rings. The summed E-state index contributed by atoms with van der Waals surface area (Å²) in [5, 5.41) is 4.14. The molecule has 3 rings (SSSR count). The molecule has 0 aliphatic heterocycles. The van der Waals surface area contributed by atoms with Crippen molar-refractivity contribution in [3.63, 3.8) is 0 Å². The van der Waals surface area contributed by atoms with Gasteiger partial charge >= 0.3 is 0 Å². The highest BCUT2D eigenvalue weighted by Gasteiger charge is 2.22. The molecule has 0 aliphatic rings. The van der Waals surface area contributed by atoms with E-state index >= 15 is 0 Å². The monoisotopic (exact) mass is 411 g/mol. The van der Waals surface area contributed by atoms with Crippen LogP contribution in [-0.4, -0.2) is 19.4 Å². The van der Waals surface area contributed by atoms with Gasteiger partial charge in [0.05, 0.1) is 15.9 Å². The standard InChI is InChI=1S/C19H17N5O4S/c20-23(22-26)19(25)12-7-14-5-9-17(10-6-14)24(21)29(27,28)18-11-8-15-3-1-2-4-16(15)13-18/h1-13H,20-21H2/b12-7+. The lowest BCUT2D eigenvalue weighted by Gasteiger charge is -2.19. The summed E-state index contributed by atoms with van der Waals surface area (Å²) in [6.07, 6.45) is 2.46. The number of anilines is 1. The zero-order valence-electron chi connectivity index (χ0n) is 15.0. The van der Waals surface area contributed by atoms with Crippen LogP contribution in [0.2, 0.25) is 0 Å². The number of hydrogen-bond donors (Lipinski definition) is 2. The highest BCUT2D eigenvalue weighted by molar-refractivity contribution is 7.92. The normalized spacial score (nSPS) is 11.5. The summed E-state index contributed by atoms with van der Waals surface area (Å²) < 4.78 is 26.4. The number of nitrogens with zero attached hydrogens (tertiary/aromatic N) is 3. The van der Waals surface area contributed by atoms with Gasteiger partial charge in [0.15, 0.2) is 0 Å². The second-order valence-electron chi connectivity index (χ2n) is 6.00. The van der Waals surface area contributed by atoms with E-state index in [0.717, 1.165) is 16.8 Å². The molecule has 148 valence electrons. The predicted octanol–water partition coefficient (Wildman–Crippen LogP) is 2.31. The fourth-order valence-corrected chi connectivity index (χ4v) is 3.74. The number of sulfonamides is 1. The van der Waals surface area contributed by atoms with Crippen molar-refractivity contribution < 1.29 is 13.2 Å². The molecule has 29 heavy (non-hydrogen) atoms. The quantitative estimate of drug-likeness (QED) is 0.210. The Labute approximate surface area is 166 Å². The molecule has 0 heterocycles. The molecular formula is C19H17N5O4S. The van der Waals surface area contributed by atoms with Gasteiger partial charge in [-0.2, -0.15) is 8.42 Å². The minimum absolute atomic E-state index is 0.0673. The molecule has 0 spiro atoms. The van der Waals surface area contributed by atoms with Crippen LogP contribution in [0.15, 0.2) is 83.0 Å². The molecule has 4 N–H and O–H groups in total. The van der Waals surface area contributed by atoms with Crippen LogP contribution in [0.1, 0.15) is 5.56 Å². The number of rotatable bonds is 6. The van der Waals surface area contributed by atoms with Crippen molar-refractivity contribution in [1.82, 2.24) is 5.12 Å². The topological polar surface area (TPSA) is 139 Å². The zero-order chi connectivity index (χ0) is 21.0. The highest BCUT2D eigenvalue weighted by Crippen LogP contribution is 2.24. The van der Waals surface area contributed by atoms with Gasteiger partial charge in [-0.1, -0.05) is 42.5 Å². The van der Waals surface area contributed by atoms with Crippen molar-refractivity contribution in [3.8, 4) is 0 Å². The summed E-state index contributed by atoms with van der Waals surface area (Å²) in [5.41, 5.74) is 0.801. The molecule has 3 aromatic carbocycles. The van der Waals surface area contributed by atoms with E-state index in [1.54, 1.807) is 24.3 Å². The molecule has 0 saturated carbocycles. The molecule has 0 bridgehead atoms. The molecular weight excluding hydrogens is 394 g/mol. The van der Waals surface area contributed by atoms with Gasteiger partial charge in [-0.3, -0.25) is 4.79 Å². The lowest BCUT2D eigenvalue weighted by Crippen LogP contribution is -2.37. The van der Waals surface area contributed by atoms with Crippen LogP contribution in [0.25, 0.3) is 16.8 Å². The van der Waals surface area contributed by atoms with Crippen LogP contribution in [0.5, 0.6) is 0 Å². The lowest BCUT2D eigenvalue weighted by atomic mass is 10.1. The summed E-state index contributed by atoms with van der Waals surface area (Å²) in [6.45, 7) is 0. The number of hydrogen-bond acceptors (Lipinski definition) is 7. The van der Waals surface area contributed by atoms with Gasteiger partial charge in [0, 0.05) is 6.08 Å². The molecule has 0 aliphatic carbocycles. The largest absolute Gasteiger partial charge is 0.284 e. The summed E-state index contributed by atoms with van der Waals surface area (Å²) in [4.78, 5) is 21.7. The number of amides is 1. The number of hydrazine groups is 2. The van der Waals surface area contributed by atoms with Crippen LogP contribution in [0.4, 0.5) is 5.69 Å². The number of carbonyl (C=O) groups excluding carboxylic acids is 1. The highest BCUT2D eigenvalue weighted by atomic mass is 32.2. The van der Waals surface area contributed by atoms with Crippen molar-refractivity contribution in [2.24, 2.45) is 17.0 Å². The average Bonchev–Trinajstić information content (AvgIpc) is 2.76. The molecule has 0 radical (unpaired) electrons. The lowest BCUT2D eigenvalue weighted by molar-refractivity contribution is -0.126. The first-order chi connectivity index (χ1) is 13.8. The third-order valence-corrected chi connectivity index (χ3v) is 5.74. The number of benzene rings is 3. The Balaban J connectivity index is 1.83. The van der Waals surface area contributed by atoms with Crippen molar-refractivity contribution in [2.75, 3.05) is 4.41 Å². The van der Waals surface area contributed by atoms with E-state index in [0.29, 0.717) is 9.98 Å². The Kier molecular flexibility index (Phi) is 5.69. The van der Waals surface area contributed by atoms with E-state index in [-0.39, 0.29) is 15.7 Å². The Morgan fingerprint density at radius 3 is 2.24 bits per heavy atom. The minimum Gasteiger partial charge on any atom is -0.266 e. The van der Waals surface area contributed by atoms with E-state index in [4.69, 9.17) is 11.7 Å². The number of nitroso groups, excluding NO2 is 1. The molecule has 0 atom stereocenters. The zero-order valence-corrected chi connectivity index (χ0v) is 15.9. The number of fused-ring (bicyclic) bond motifs is 1. The Morgan fingerprint density at radius 2 is 1.59 bits per heavy atom. The van der Waals surface area contributed by atoms with Crippen molar-refractivity contribution in [3.05, 3.63) is 83.3 Å².